The van der Waals surface area contributed by atoms with Gasteiger partial charge in [-0.3, -0.25) is 0 Å². The van der Waals surface area contributed by atoms with Gasteiger partial charge in [-0.05, 0) is 17.7 Å². The van der Waals surface area contributed by atoms with Crippen LogP contribution in [-0.2, 0) is 6.54 Å². The van der Waals surface area contributed by atoms with E-state index in [1.165, 1.54) is 12.1 Å². The van der Waals surface area contributed by atoms with E-state index in [9.17, 15) is 18.9 Å². The maximum Gasteiger partial charge on any atom is 0.271 e. The molecule has 1 saturated heterocycles. The highest BCUT2D eigenvalue weighted by molar-refractivity contribution is 5.81. The van der Waals surface area contributed by atoms with Crippen molar-refractivity contribution >= 4 is 5.96 Å². The standard InChI is InChI=1S/C10H10F2N4O2/c11-8-3-7(4-9(12)5-8)6-15-2-1-13-10(15)14-16(17)18/h3-5H,1-2,6H2,(H,13,14). The van der Waals surface area contributed by atoms with E-state index >= 15 is 0 Å². The zero-order valence-electron chi connectivity index (χ0n) is 9.27. The van der Waals surface area contributed by atoms with Crippen molar-refractivity contribution in [3.63, 3.8) is 0 Å². The molecule has 0 saturated carbocycles. The van der Waals surface area contributed by atoms with Crippen molar-refractivity contribution in [3.05, 3.63) is 45.5 Å². The molecular weight excluding hydrogens is 246 g/mol. The van der Waals surface area contributed by atoms with Crippen molar-refractivity contribution in [2.24, 2.45) is 5.10 Å². The van der Waals surface area contributed by atoms with Crippen LogP contribution in [0.3, 0.4) is 0 Å². The Kier molecular flexibility index (Phi) is 3.35. The summed E-state index contributed by atoms with van der Waals surface area (Å²) in [5.41, 5.74) is 0.396. The van der Waals surface area contributed by atoms with Crippen LogP contribution < -0.4 is 5.32 Å². The molecule has 18 heavy (non-hydrogen) atoms. The molecule has 1 fully saturated rings. The Balaban J connectivity index is 2.15. The first-order valence-electron chi connectivity index (χ1n) is 5.21. The molecule has 0 atom stereocenters. The molecule has 0 amide bonds. The molecule has 0 bridgehead atoms. The van der Waals surface area contributed by atoms with Gasteiger partial charge in [0.1, 0.15) is 16.7 Å². The van der Waals surface area contributed by atoms with Crippen LogP contribution >= 0.6 is 0 Å². The summed E-state index contributed by atoms with van der Waals surface area (Å²) in [4.78, 5) is 11.8. The molecule has 1 aromatic carbocycles. The van der Waals surface area contributed by atoms with Gasteiger partial charge < -0.3 is 10.2 Å². The average Bonchev–Trinajstić information content (AvgIpc) is 2.63. The number of nitrogens with one attached hydrogen (secondary N) is 1. The molecule has 0 unspecified atom stereocenters. The molecule has 0 spiro atoms. The van der Waals surface area contributed by atoms with Gasteiger partial charge >= 0.3 is 0 Å². The normalized spacial score (nSPS) is 17.0. The summed E-state index contributed by atoms with van der Waals surface area (Å²) >= 11 is 0. The number of hydrogen-bond acceptors (Lipinski definition) is 2. The fourth-order valence-corrected chi connectivity index (χ4v) is 1.77. The molecule has 1 aromatic rings. The third-order valence-corrected chi connectivity index (χ3v) is 2.44. The lowest BCUT2D eigenvalue weighted by Gasteiger charge is -2.15. The van der Waals surface area contributed by atoms with Gasteiger partial charge in [0.05, 0.1) is 0 Å². The molecule has 1 aliphatic rings. The Morgan fingerprint density at radius 3 is 2.67 bits per heavy atom. The van der Waals surface area contributed by atoms with Gasteiger partial charge in [0.2, 0.25) is 0 Å². The number of hydrazone groups is 1. The van der Waals surface area contributed by atoms with E-state index in [0.717, 1.165) is 6.07 Å². The molecule has 6 nitrogen and oxygen atoms in total. The number of nitrogens with zero attached hydrogens (tertiary/aromatic N) is 3. The molecule has 1 aliphatic heterocycles. The summed E-state index contributed by atoms with van der Waals surface area (Å²) in [6.07, 6.45) is 0. The van der Waals surface area contributed by atoms with E-state index in [1.54, 1.807) is 4.90 Å². The minimum Gasteiger partial charge on any atom is -0.349 e. The average molecular weight is 256 g/mol. The first-order chi connectivity index (χ1) is 8.54. The summed E-state index contributed by atoms with van der Waals surface area (Å²) in [7, 11) is 0. The van der Waals surface area contributed by atoms with Crippen LogP contribution in [0.5, 0.6) is 0 Å². The second kappa shape index (κ2) is 4.94. The Labute approximate surface area is 101 Å². The van der Waals surface area contributed by atoms with E-state index in [0.29, 0.717) is 18.7 Å². The molecule has 2 rings (SSSR count). The number of benzene rings is 1. The largest absolute Gasteiger partial charge is 0.349 e. The first-order valence-corrected chi connectivity index (χ1v) is 5.21. The van der Waals surface area contributed by atoms with E-state index in [4.69, 9.17) is 0 Å². The zero-order chi connectivity index (χ0) is 13.1. The molecule has 0 aliphatic carbocycles. The summed E-state index contributed by atoms with van der Waals surface area (Å²) < 4.78 is 26.0. The number of nitro groups is 1. The van der Waals surface area contributed by atoms with Gasteiger partial charge in [0.25, 0.3) is 5.96 Å². The highest BCUT2D eigenvalue weighted by atomic mass is 19.1. The fraction of sp³-hybridized carbons (Fsp3) is 0.300. The van der Waals surface area contributed by atoms with Gasteiger partial charge in [-0.15, -0.1) is 0 Å². The highest BCUT2D eigenvalue weighted by Gasteiger charge is 2.21. The quantitative estimate of drug-likeness (QED) is 0.644. The SMILES string of the molecule is O=[N+]([O-])/N=C1\NCCN1Cc1cc(F)cc(F)c1. The third kappa shape index (κ3) is 2.90. The minimum absolute atomic E-state index is 0.102. The molecule has 8 heteroatoms. The van der Waals surface area contributed by atoms with Crippen LogP contribution in [0.1, 0.15) is 5.56 Å². The lowest BCUT2D eigenvalue weighted by Crippen LogP contribution is -2.30. The van der Waals surface area contributed by atoms with Gasteiger partial charge in [-0.25, -0.2) is 18.9 Å². The van der Waals surface area contributed by atoms with Crippen LogP contribution in [0.4, 0.5) is 8.78 Å². The van der Waals surface area contributed by atoms with E-state index in [2.05, 4.69) is 10.4 Å². The maximum absolute atomic E-state index is 13.0. The highest BCUT2D eigenvalue weighted by Crippen LogP contribution is 2.12. The van der Waals surface area contributed by atoms with Crippen molar-refractivity contribution in [2.45, 2.75) is 6.54 Å². The maximum atomic E-state index is 13.0. The zero-order valence-corrected chi connectivity index (χ0v) is 9.27. The van der Waals surface area contributed by atoms with Crippen molar-refractivity contribution in [1.82, 2.24) is 10.2 Å². The topological polar surface area (TPSA) is 70.8 Å². The van der Waals surface area contributed by atoms with E-state index in [-0.39, 0.29) is 12.5 Å². The monoisotopic (exact) mass is 256 g/mol. The number of guanidine groups is 1. The number of halogens is 2. The van der Waals surface area contributed by atoms with Gasteiger partial charge in [-0.1, -0.05) is 0 Å². The van der Waals surface area contributed by atoms with Crippen LogP contribution in [0.25, 0.3) is 0 Å². The Morgan fingerprint density at radius 1 is 1.39 bits per heavy atom. The minimum atomic E-state index is -0.813. The summed E-state index contributed by atoms with van der Waals surface area (Å²) in [5, 5.41) is 15.4. The van der Waals surface area contributed by atoms with Crippen LogP contribution in [0.15, 0.2) is 23.3 Å². The van der Waals surface area contributed by atoms with Crippen molar-refractivity contribution in [3.8, 4) is 0 Å². The Hall–Kier alpha value is -2.25. The second-order valence-corrected chi connectivity index (χ2v) is 3.79. The molecule has 0 aromatic heterocycles. The number of hydrogen-bond donors (Lipinski definition) is 1. The van der Waals surface area contributed by atoms with Crippen LogP contribution in [0, 0.1) is 21.7 Å². The summed E-state index contributed by atoms with van der Waals surface area (Å²) in [6.45, 7) is 1.16. The van der Waals surface area contributed by atoms with Crippen LogP contribution in [-0.4, -0.2) is 29.0 Å². The van der Waals surface area contributed by atoms with Gasteiger partial charge in [0.15, 0.2) is 5.03 Å². The summed E-state index contributed by atoms with van der Waals surface area (Å²) in [5.74, 6) is -1.25. The van der Waals surface area contributed by atoms with E-state index in [1.807, 2.05) is 0 Å². The lowest BCUT2D eigenvalue weighted by atomic mass is 10.2. The predicted molar refractivity (Wildman–Crippen MR) is 59.2 cm³/mol. The second-order valence-electron chi connectivity index (χ2n) is 3.79. The third-order valence-electron chi connectivity index (χ3n) is 2.44. The molecule has 96 valence electrons. The van der Waals surface area contributed by atoms with Gasteiger partial charge in [-0.2, -0.15) is 0 Å². The van der Waals surface area contributed by atoms with Crippen molar-refractivity contribution in [2.75, 3.05) is 13.1 Å². The van der Waals surface area contributed by atoms with Crippen molar-refractivity contribution in [1.29, 1.82) is 0 Å². The molecule has 0 radical (unpaired) electrons. The molecule has 1 N–H and O–H groups in total. The molecule has 1 heterocycles. The fourth-order valence-electron chi connectivity index (χ4n) is 1.77. The Bertz CT molecular complexity index is 486. The number of rotatable bonds is 3. The first kappa shape index (κ1) is 12.2. The van der Waals surface area contributed by atoms with Crippen LogP contribution in [0.2, 0.25) is 0 Å². The summed E-state index contributed by atoms with van der Waals surface area (Å²) in [6, 6.07) is 3.15. The smallest absolute Gasteiger partial charge is 0.271 e. The van der Waals surface area contributed by atoms with Crippen molar-refractivity contribution < 1.29 is 13.8 Å². The Morgan fingerprint density at radius 2 is 2.06 bits per heavy atom. The predicted octanol–water partition coefficient (Wildman–Crippen LogP) is 0.918. The lowest BCUT2D eigenvalue weighted by molar-refractivity contribution is -0.485. The van der Waals surface area contributed by atoms with Gasteiger partial charge in [0, 0.05) is 25.7 Å². The molecular formula is C10H10F2N4O2. The van der Waals surface area contributed by atoms with E-state index < -0.39 is 16.7 Å².